The summed E-state index contributed by atoms with van der Waals surface area (Å²) in [5, 5.41) is 0. The van der Waals surface area contributed by atoms with Crippen molar-refractivity contribution in [3.05, 3.63) is 54.9 Å². The molecule has 0 N–H and O–H groups in total. The van der Waals surface area contributed by atoms with Crippen LogP contribution < -0.4 is 4.57 Å². The summed E-state index contributed by atoms with van der Waals surface area (Å²) >= 11 is 1.78. The van der Waals surface area contributed by atoms with Crippen LogP contribution in [0.1, 0.15) is 0 Å². The molecule has 0 saturated heterocycles. The summed E-state index contributed by atoms with van der Waals surface area (Å²) in [6.45, 7) is 0. The SMILES string of the molecule is C[n+]1ccc(Sc2ccccc2)cc1. The smallest absolute Gasteiger partial charge is 0.169 e. The molecule has 0 amide bonds. The largest absolute Gasteiger partial charge is 0.208 e. The third-order valence-electron chi connectivity index (χ3n) is 1.93. The number of hydrogen-bond donors (Lipinski definition) is 0. The monoisotopic (exact) mass is 202 g/mol. The van der Waals surface area contributed by atoms with E-state index in [2.05, 4.69) is 48.8 Å². The molecule has 70 valence electrons. The minimum atomic E-state index is 1.27. The van der Waals surface area contributed by atoms with E-state index in [0.29, 0.717) is 0 Å². The molecule has 0 aliphatic carbocycles. The molecule has 0 spiro atoms. The molecule has 2 rings (SSSR count). The lowest BCUT2D eigenvalue weighted by atomic mass is 10.4. The molecule has 2 aromatic rings. The maximum atomic E-state index is 2.12. The maximum Gasteiger partial charge on any atom is 0.169 e. The lowest BCUT2D eigenvalue weighted by molar-refractivity contribution is -0.671. The van der Waals surface area contributed by atoms with Gasteiger partial charge in [0, 0.05) is 21.9 Å². The first-order valence-corrected chi connectivity index (χ1v) is 5.34. The van der Waals surface area contributed by atoms with Crippen LogP contribution in [0.25, 0.3) is 0 Å². The first-order chi connectivity index (χ1) is 6.84. The zero-order valence-corrected chi connectivity index (χ0v) is 8.87. The third kappa shape index (κ3) is 2.36. The predicted octanol–water partition coefficient (Wildman–Crippen LogP) is 2.66. The fourth-order valence-electron chi connectivity index (χ4n) is 1.18. The third-order valence-corrected chi connectivity index (χ3v) is 2.94. The van der Waals surface area contributed by atoms with Crippen LogP contribution in [0.3, 0.4) is 0 Å². The number of nitrogens with zero attached hydrogens (tertiary/aromatic N) is 1. The molecule has 1 aromatic carbocycles. The highest BCUT2D eigenvalue weighted by Gasteiger charge is 1.97. The van der Waals surface area contributed by atoms with Crippen LogP contribution in [0.4, 0.5) is 0 Å². The second-order valence-electron chi connectivity index (χ2n) is 3.11. The quantitative estimate of drug-likeness (QED) is 0.677. The van der Waals surface area contributed by atoms with Crippen LogP contribution >= 0.6 is 11.8 Å². The van der Waals surface area contributed by atoms with Gasteiger partial charge in [-0.2, -0.15) is 0 Å². The van der Waals surface area contributed by atoms with Crippen molar-refractivity contribution in [1.82, 2.24) is 0 Å². The number of aromatic nitrogens is 1. The van der Waals surface area contributed by atoms with E-state index in [9.17, 15) is 0 Å². The first kappa shape index (κ1) is 9.28. The highest BCUT2D eigenvalue weighted by molar-refractivity contribution is 7.99. The minimum Gasteiger partial charge on any atom is -0.208 e. The molecule has 1 nitrogen and oxygen atoms in total. The van der Waals surface area contributed by atoms with Gasteiger partial charge in [0.1, 0.15) is 7.05 Å². The number of benzene rings is 1. The zero-order valence-electron chi connectivity index (χ0n) is 8.05. The maximum absolute atomic E-state index is 2.12. The Morgan fingerprint density at radius 3 is 2.07 bits per heavy atom. The van der Waals surface area contributed by atoms with Gasteiger partial charge in [-0.25, -0.2) is 4.57 Å². The molecule has 1 aromatic heterocycles. The molecule has 0 aliphatic heterocycles. The Hall–Kier alpha value is -1.28. The normalized spacial score (nSPS) is 10.1. The van der Waals surface area contributed by atoms with E-state index in [0.717, 1.165) is 0 Å². The second-order valence-corrected chi connectivity index (χ2v) is 4.26. The van der Waals surface area contributed by atoms with E-state index >= 15 is 0 Å². The van der Waals surface area contributed by atoms with Crippen molar-refractivity contribution in [1.29, 1.82) is 0 Å². The van der Waals surface area contributed by atoms with Crippen LogP contribution in [0.5, 0.6) is 0 Å². The summed E-state index contributed by atoms with van der Waals surface area (Å²) in [6, 6.07) is 14.6. The van der Waals surface area contributed by atoms with Gasteiger partial charge in [0.15, 0.2) is 12.4 Å². The lowest BCUT2D eigenvalue weighted by Crippen LogP contribution is -2.25. The van der Waals surface area contributed by atoms with Crippen LogP contribution in [0.2, 0.25) is 0 Å². The number of rotatable bonds is 2. The number of aryl methyl sites for hydroxylation is 1. The van der Waals surface area contributed by atoms with Gasteiger partial charge in [-0.1, -0.05) is 30.0 Å². The highest BCUT2D eigenvalue weighted by Crippen LogP contribution is 2.25. The molecule has 0 aliphatic rings. The molecule has 0 radical (unpaired) electrons. The van der Waals surface area contributed by atoms with Crippen LogP contribution in [0.15, 0.2) is 64.6 Å². The Bertz CT molecular complexity index is 394. The lowest BCUT2D eigenvalue weighted by Gasteiger charge is -1.98. The minimum absolute atomic E-state index is 1.27. The van der Waals surface area contributed by atoms with Crippen LogP contribution in [-0.2, 0) is 7.05 Å². The molecular weight excluding hydrogens is 190 g/mol. The predicted molar refractivity (Wildman–Crippen MR) is 58.2 cm³/mol. The van der Waals surface area contributed by atoms with E-state index in [4.69, 9.17) is 0 Å². The molecule has 2 heteroatoms. The van der Waals surface area contributed by atoms with Gasteiger partial charge in [-0.3, -0.25) is 0 Å². The van der Waals surface area contributed by atoms with Gasteiger partial charge < -0.3 is 0 Å². The van der Waals surface area contributed by atoms with Gasteiger partial charge in [0.05, 0.1) is 0 Å². The van der Waals surface area contributed by atoms with Crippen molar-refractivity contribution in [2.24, 2.45) is 7.05 Å². The summed E-state index contributed by atoms with van der Waals surface area (Å²) in [5.41, 5.74) is 0. The highest BCUT2D eigenvalue weighted by atomic mass is 32.2. The fraction of sp³-hybridized carbons (Fsp3) is 0.0833. The molecule has 1 heterocycles. The Labute approximate surface area is 88.4 Å². The topological polar surface area (TPSA) is 3.88 Å². The average molecular weight is 202 g/mol. The Morgan fingerprint density at radius 1 is 0.857 bits per heavy atom. The Balaban J connectivity index is 2.16. The standard InChI is InChI=1S/C12H12NS/c1-13-9-7-12(8-10-13)14-11-5-3-2-4-6-11/h2-10H,1H3/q+1. The molecule has 0 unspecified atom stereocenters. The van der Waals surface area contributed by atoms with Crippen molar-refractivity contribution in [2.75, 3.05) is 0 Å². The van der Waals surface area contributed by atoms with Crippen molar-refractivity contribution >= 4 is 11.8 Å². The molecular formula is C12H12NS+. The summed E-state index contributed by atoms with van der Waals surface area (Å²) in [5.74, 6) is 0. The van der Waals surface area contributed by atoms with Gasteiger partial charge in [0.25, 0.3) is 0 Å². The van der Waals surface area contributed by atoms with Crippen LogP contribution in [-0.4, -0.2) is 0 Å². The summed E-state index contributed by atoms with van der Waals surface area (Å²) in [6.07, 6.45) is 4.12. The molecule has 14 heavy (non-hydrogen) atoms. The summed E-state index contributed by atoms with van der Waals surface area (Å²) in [4.78, 5) is 2.55. The van der Waals surface area contributed by atoms with Gasteiger partial charge in [-0.05, 0) is 12.1 Å². The molecule has 0 bridgehead atoms. The number of hydrogen-bond acceptors (Lipinski definition) is 1. The van der Waals surface area contributed by atoms with E-state index in [-0.39, 0.29) is 0 Å². The molecule has 0 saturated carbocycles. The zero-order chi connectivity index (χ0) is 9.80. The van der Waals surface area contributed by atoms with E-state index in [1.807, 2.05) is 17.7 Å². The van der Waals surface area contributed by atoms with Gasteiger partial charge in [-0.15, -0.1) is 0 Å². The van der Waals surface area contributed by atoms with Crippen molar-refractivity contribution in [3.8, 4) is 0 Å². The Kier molecular flexibility index (Phi) is 2.84. The van der Waals surface area contributed by atoms with E-state index < -0.39 is 0 Å². The van der Waals surface area contributed by atoms with E-state index in [1.165, 1.54) is 9.79 Å². The van der Waals surface area contributed by atoms with Gasteiger partial charge in [0.2, 0.25) is 0 Å². The molecule has 0 atom stereocenters. The van der Waals surface area contributed by atoms with Crippen LogP contribution in [0, 0.1) is 0 Å². The van der Waals surface area contributed by atoms with Gasteiger partial charge >= 0.3 is 0 Å². The van der Waals surface area contributed by atoms with Crippen molar-refractivity contribution < 1.29 is 4.57 Å². The first-order valence-electron chi connectivity index (χ1n) is 4.53. The average Bonchev–Trinajstić information content (AvgIpc) is 2.23. The van der Waals surface area contributed by atoms with Crippen molar-refractivity contribution in [2.45, 2.75) is 9.79 Å². The fourth-order valence-corrected chi connectivity index (χ4v) is 2.00. The number of pyridine rings is 1. The van der Waals surface area contributed by atoms with Crippen molar-refractivity contribution in [3.63, 3.8) is 0 Å². The summed E-state index contributed by atoms with van der Waals surface area (Å²) in [7, 11) is 2.02. The van der Waals surface area contributed by atoms with E-state index in [1.54, 1.807) is 11.8 Å². The Morgan fingerprint density at radius 2 is 1.43 bits per heavy atom. The summed E-state index contributed by atoms with van der Waals surface area (Å²) < 4.78 is 2.04. The second kappa shape index (κ2) is 4.29. The molecule has 0 fully saturated rings.